The van der Waals surface area contributed by atoms with E-state index in [-0.39, 0.29) is 11.9 Å². The van der Waals surface area contributed by atoms with E-state index in [1.165, 1.54) is 6.20 Å². The van der Waals surface area contributed by atoms with Gasteiger partial charge in [0.25, 0.3) is 5.91 Å². The summed E-state index contributed by atoms with van der Waals surface area (Å²) < 4.78 is 0. The molecule has 0 spiro atoms. The number of hydrogen-bond acceptors (Lipinski definition) is 3. The lowest BCUT2D eigenvalue weighted by Crippen LogP contribution is -2.39. The van der Waals surface area contributed by atoms with Gasteiger partial charge in [0.2, 0.25) is 0 Å². The third-order valence-electron chi connectivity index (χ3n) is 2.35. The average molecular weight is 224 g/mol. The van der Waals surface area contributed by atoms with Crippen LogP contribution in [0.3, 0.4) is 0 Å². The fraction of sp³-hybridized carbons (Fsp3) is 0.636. The van der Waals surface area contributed by atoms with E-state index in [0.717, 1.165) is 6.54 Å². The molecule has 0 aliphatic rings. The molecule has 1 amide bonds. The van der Waals surface area contributed by atoms with E-state index in [9.17, 15) is 4.79 Å². The lowest BCUT2D eigenvalue weighted by atomic mass is 10.1. The molecule has 0 saturated heterocycles. The van der Waals surface area contributed by atoms with Crippen LogP contribution in [-0.2, 0) is 0 Å². The van der Waals surface area contributed by atoms with Crippen LogP contribution in [0.15, 0.2) is 6.20 Å². The Kier molecular flexibility index (Phi) is 3.93. The Morgan fingerprint density at radius 3 is 2.50 bits per heavy atom. The molecule has 16 heavy (non-hydrogen) atoms. The van der Waals surface area contributed by atoms with Crippen molar-refractivity contribution in [3.8, 4) is 0 Å². The highest BCUT2D eigenvalue weighted by atomic mass is 16.2. The van der Waals surface area contributed by atoms with Crippen molar-refractivity contribution in [2.24, 2.45) is 5.92 Å². The van der Waals surface area contributed by atoms with Crippen LogP contribution in [-0.4, -0.2) is 33.6 Å². The van der Waals surface area contributed by atoms with E-state index in [2.05, 4.69) is 24.0 Å². The summed E-state index contributed by atoms with van der Waals surface area (Å²) in [5, 5.41) is 6.34. The summed E-state index contributed by atoms with van der Waals surface area (Å²) in [6.45, 7) is 8.89. The van der Waals surface area contributed by atoms with Gasteiger partial charge < -0.3 is 10.6 Å². The normalized spacial score (nSPS) is 11.1. The van der Waals surface area contributed by atoms with Crippen molar-refractivity contribution in [3.63, 3.8) is 0 Å². The zero-order valence-corrected chi connectivity index (χ0v) is 10.3. The van der Waals surface area contributed by atoms with Crippen LogP contribution in [0.1, 0.15) is 38.1 Å². The molecule has 0 unspecified atom stereocenters. The standard InChI is InChI=1S/C11H20N4O/c1-7(2)6-15(8(3)4)11(16)9-5-13-14-10(9)12/h5,7-8H,6H2,1-4H3,(H3,12,13,14). The number of nitrogen functional groups attached to an aromatic ring is 1. The van der Waals surface area contributed by atoms with E-state index in [1.54, 1.807) is 0 Å². The summed E-state index contributed by atoms with van der Waals surface area (Å²) >= 11 is 0. The van der Waals surface area contributed by atoms with Crippen LogP contribution in [0.4, 0.5) is 5.82 Å². The first kappa shape index (κ1) is 12.5. The number of nitrogens with two attached hydrogens (primary N) is 1. The van der Waals surface area contributed by atoms with E-state index in [1.807, 2.05) is 18.7 Å². The Morgan fingerprint density at radius 1 is 1.50 bits per heavy atom. The molecule has 1 heterocycles. The lowest BCUT2D eigenvalue weighted by Gasteiger charge is -2.28. The van der Waals surface area contributed by atoms with Crippen LogP contribution in [0.5, 0.6) is 0 Å². The minimum Gasteiger partial charge on any atom is -0.383 e. The number of amides is 1. The molecule has 5 nitrogen and oxygen atoms in total. The molecule has 1 aromatic heterocycles. The van der Waals surface area contributed by atoms with E-state index in [0.29, 0.717) is 17.3 Å². The molecule has 0 aromatic carbocycles. The third-order valence-corrected chi connectivity index (χ3v) is 2.35. The highest BCUT2D eigenvalue weighted by molar-refractivity contribution is 5.98. The van der Waals surface area contributed by atoms with E-state index in [4.69, 9.17) is 5.73 Å². The summed E-state index contributed by atoms with van der Waals surface area (Å²) in [5.41, 5.74) is 6.10. The Labute approximate surface area is 96.0 Å². The molecule has 90 valence electrons. The fourth-order valence-corrected chi connectivity index (χ4v) is 1.54. The predicted octanol–water partition coefficient (Wildman–Crippen LogP) is 1.50. The number of anilines is 1. The van der Waals surface area contributed by atoms with Gasteiger partial charge >= 0.3 is 0 Å². The second-order valence-corrected chi connectivity index (χ2v) is 4.64. The molecule has 0 aliphatic heterocycles. The zero-order chi connectivity index (χ0) is 12.3. The van der Waals surface area contributed by atoms with Crippen molar-refractivity contribution in [2.75, 3.05) is 12.3 Å². The second kappa shape index (κ2) is 5.01. The smallest absolute Gasteiger partial charge is 0.259 e. The summed E-state index contributed by atoms with van der Waals surface area (Å²) in [6.07, 6.45) is 1.48. The first-order valence-electron chi connectivity index (χ1n) is 5.53. The van der Waals surface area contributed by atoms with Crippen molar-refractivity contribution in [1.82, 2.24) is 15.1 Å². The van der Waals surface area contributed by atoms with E-state index >= 15 is 0 Å². The third kappa shape index (κ3) is 2.74. The van der Waals surface area contributed by atoms with E-state index < -0.39 is 0 Å². The minimum atomic E-state index is -0.0602. The Hall–Kier alpha value is -1.52. The van der Waals surface area contributed by atoms with Gasteiger partial charge in [0.15, 0.2) is 0 Å². The van der Waals surface area contributed by atoms with Crippen LogP contribution in [0.2, 0.25) is 0 Å². The van der Waals surface area contributed by atoms with Gasteiger partial charge in [-0.3, -0.25) is 9.89 Å². The average Bonchev–Trinajstić information content (AvgIpc) is 2.59. The number of H-pyrrole nitrogens is 1. The molecular formula is C11H20N4O. The molecule has 0 atom stereocenters. The van der Waals surface area contributed by atoms with Crippen LogP contribution >= 0.6 is 0 Å². The molecular weight excluding hydrogens is 204 g/mol. The number of aromatic amines is 1. The highest BCUT2D eigenvalue weighted by Crippen LogP contribution is 2.14. The maximum Gasteiger partial charge on any atom is 0.259 e. The molecule has 0 radical (unpaired) electrons. The van der Waals surface area contributed by atoms with Crippen molar-refractivity contribution >= 4 is 11.7 Å². The summed E-state index contributed by atoms with van der Waals surface area (Å²) in [4.78, 5) is 14.0. The predicted molar refractivity (Wildman–Crippen MR) is 64.0 cm³/mol. The minimum absolute atomic E-state index is 0.0602. The second-order valence-electron chi connectivity index (χ2n) is 4.64. The lowest BCUT2D eigenvalue weighted by molar-refractivity contribution is 0.0683. The van der Waals surface area contributed by atoms with Crippen molar-refractivity contribution in [3.05, 3.63) is 11.8 Å². The van der Waals surface area contributed by atoms with Gasteiger partial charge in [0.05, 0.1) is 6.20 Å². The number of nitrogens with one attached hydrogen (secondary N) is 1. The van der Waals surface area contributed by atoms with Gasteiger partial charge in [0.1, 0.15) is 11.4 Å². The van der Waals surface area contributed by atoms with Crippen molar-refractivity contribution in [2.45, 2.75) is 33.7 Å². The monoisotopic (exact) mass is 224 g/mol. The number of carbonyl (C=O) groups excluding carboxylic acids is 1. The van der Waals surface area contributed by atoms with Crippen LogP contribution in [0.25, 0.3) is 0 Å². The summed E-state index contributed by atoms with van der Waals surface area (Å²) in [7, 11) is 0. The molecule has 0 aliphatic carbocycles. The molecule has 1 aromatic rings. The SMILES string of the molecule is CC(C)CN(C(=O)c1cn[nH]c1N)C(C)C. The Balaban J connectivity index is 2.88. The quantitative estimate of drug-likeness (QED) is 0.813. The number of nitrogens with zero attached hydrogens (tertiary/aromatic N) is 2. The largest absolute Gasteiger partial charge is 0.383 e. The number of aromatic nitrogens is 2. The van der Waals surface area contributed by atoms with Crippen molar-refractivity contribution in [1.29, 1.82) is 0 Å². The fourth-order valence-electron chi connectivity index (χ4n) is 1.54. The zero-order valence-electron chi connectivity index (χ0n) is 10.3. The highest BCUT2D eigenvalue weighted by Gasteiger charge is 2.22. The maximum atomic E-state index is 12.2. The van der Waals surface area contributed by atoms with Crippen LogP contribution < -0.4 is 5.73 Å². The summed E-state index contributed by atoms with van der Waals surface area (Å²) in [6, 6.07) is 0.157. The molecule has 0 fully saturated rings. The van der Waals surface area contributed by atoms with Gasteiger partial charge in [-0.05, 0) is 19.8 Å². The van der Waals surface area contributed by atoms with Crippen LogP contribution in [0, 0.1) is 5.92 Å². The van der Waals surface area contributed by atoms with Gasteiger partial charge in [-0.1, -0.05) is 13.8 Å². The Morgan fingerprint density at radius 2 is 2.12 bits per heavy atom. The van der Waals surface area contributed by atoms with Gasteiger partial charge in [-0.15, -0.1) is 0 Å². The van der Waals surface area contributed by atoms with Gasteiger partial charge in [-0.2, -0.15) is 5.10 Å². The molecule has 1 rings (SSSR count). The molecule has 5 heteroatoms. The first-order valence-corrected chi connectivity index (χ1v) is 5.53. The Bertz CT molecular complexity index is 357. The number of hydrogen-bond donors (Lipinski definition) is 2. The topological polar surface area (TPSA) is 75.0 Å². The number of carbonyl (C=O) groups is 1. The summed E-state index contributed by atoms with van der Waals surface area (Å²) in [5.74, 6) is 0.703. The van der Waals surface area contributed by atoms with Gasteiger partial charge in [-0.25, -0.2) is 0 Å². The van der Waals surface area contributed by atoms with Crippen molar-refractivity contribution < 1.29 is 4.79 Å². The first-order chi connectivity index (χ1) is 7.43. The molecule has 3 N–H and O–H groups in total. The maximum absolute atomic E-state index is 12.2. The number of rotatable bonds is 4. The van der Waals surface area contributed by atoms with Gasteiger partial charge in [0, 0.05) is 12.6 Å². The molecule has 0 bridgehead atoms. The molecule has 0 saturated carbocycles.